The molecule has 0 aliphatic heterocycles. The predicted octanol–water partition coefficient (Wildman–Crippen LogP) is 3.90. The normalized spacial score (nSPS) is 10.5. The van der Waals surface area contributed by atoms with Crippen molar-refractivity contribution in [2.24, 2.45) is 5.11 Å². The van der Waals surface area contributed by atoms with Gasteiger partial charge in [-0.05, 0) is 44.4 Å². The first kappa shape index (κ1) is 16.7. The van der Waals surface area contributed by atoms with Gasteiger partial charge in [0.25, 0.3) is 0 Å². The van der Waals surface area contributed by atoms with E-state index in [1.807, 2.05) is 6.07 Å². The van der Waals surface area contributed by atoms with Gasteiger partial charge in [0.05, 0.1) is 7.11 Å². The van der Waals surface area contributed by atoms with E-state index in [4.69, 9.17) is 15.0 Å². The van der Waals surface area contributed by atoms with E-state index in [1.54, 1.807) is 40.0 Å². The van der Waals surface area contributed by atoms with Crippen molar-refractivity contribution in [3.8, 4) is 5.75 Å². The third-order valence-corrected chi connectivity index (χ3v) is 2.48. The van der Waals surface area contributed by atoms with Gasteiger partial charge >= 0.3 is 6.09 Å². The topological polar surface area (TPSA) is 96.3 Å². The number of anilines is 1. The summed E-state index contributed by atoms with van der Waals surface area (Å²) in [4.78, 5) is 14.4. The lowest BCUT2D eigenvalue weighted by Crippen LogP contribution is -2.27. The number of methoxy groups -OCH3 is 1. The zero-order valence-electron chi connectivity index (χ0n) is 12.7. The Hall–Kier alpha value is -2.40. The number of benzene rings is 1. The summed E-state index contributed by atoms with van der Waals surface area (Å²) < 4.78 is 10.5. The molecule has 0 unspecified atom stereocenters. The maximum atomic E-state index is 11.7. The number of azide groups is 1. The molecule has 0 spiro atoms. The van der Waals surface area contributed by atoms with E-state index in [9.17, 15) is 4.79 Å². The lowest BCUT2D eigenvalue weighted by Gasteiger charge is -2.20. The molecule has 0 fully saturated rings. The molecule has 1 amide bonds. The van der Waals surface area contributed by atoms with Gasteiger partial charge in [-0.2, -0.15) is 0 Å². The molecule has 1 rings (SSSR count). The first-order chi connectivity index (χ1) is 9.85. The zero-order valence-corrected chi connectivity index (χ0v) is 12.7. The van der Waals surface area contributed by atoms with Crippen molar-refractivity contribution in [3.63, 3.8) is 0 Å². The second-order valence-corrected chi connectivity index (χ2v) is 5.36. The highest BCUT2D eigenvalue weighted by atomic mass is 16.6. The van der Waals surface area contributed by atoms with Crippen molar-refractivity contribution in [2.45, 2.75) is 32.8 Å². The molecule has 0 bridgehead atoms. The molecule has 1 N–H and O–H groups in total. The lowest BCUT2D eigenvalue weighted by atomic mass is 10.1. The van der Waals surface area contributed by atoms with Crippen LogP contribution in [0.5, 0.6) is 5.75 Å². The number of rotatable bonds is 5. The fourth-order valence-corrected chi connectivity index (χ4v) is 1.67. The number of nitrogens with zero attached hydrogens (tertiary/aromatic N) is 3. The fourth-order valence-electron chi connectivity index (χ4n) is 1.67. The highest BCUT2D eigenvalue weighted by molar-refractivity contribution is 5.85. The van der Waals surface area contributed by atoms with Crippen LogP contribution in [-0.2, 0) is 11.2 Å². The van der Waals surface area contributed by atoms with Gasteiger partial charge in [0, 0.05) is 23.2 Å². The molecule has 1 aromatic rings. The maximum absolute atomic E-state index is 11.7. The van der Waals surface area contributed by atoms with Gasteiger partial charge in [-0.25, -0.2) is 4.79 Å². The predicted molar refractivity (Wildman–Crippen MR) is 80.6 cm³/mol. The van der Waals surface area contributed by atoms with Crippen LogP contribution in [0.2, 0.25) is 0 Å². The van der Waals surface area contributed by atoms with Gasteiger partial charge in [-0.15, -0.1) is 0 Å². The van der Waals surface area contributed by atoms with E-state index in [0.29, 0.717) is 24.4 Å². The number of hydrogen-bond donors (Lipinski definition) is 1. The summed E-state index contributed by atoms with van der Waals surface area (Å²) in [6, 6.07) is 5.27. The zero-order chi connectivity index (χ0) is 15.9. The number of ether oxygens (including phenoxy) is 2. The molecule has 7 heteroatoms. The monoisotopic (exact) mass is 292 g/mol. The van der Waals surface area contributed by atoms with Gasteiger partial charge in [-0.3, -0.25) is 5.32 Å². The Morgan fingerprint density at radius 3 is 2.71 bits per heavy atom. The van der Waals surface area contributed by atoms with Crippen molar-refractivity contribution in [1.82, 2.24) is 0 Å². The third kappa shape index (κ3) is 6.05. The van der Waals surface area contributed by atoms with Crippen LogP contribution in [0, 0.1) is 0 Å². The first-order valence-corrected chi connectivity index (χ1v) is 6.53. The SMILES string of the molecule is COc1cc(NC(=O)OC(C)(C)C)ccc1CCN=[N+]=[N-]. The third-order valence-electron chi connectivity index (χ3n) is 2.48. The molecule has 0 aromatic heterocycles. The Kier molecular flexibility index (Phi) is 5.87. The van der Waals surface area contributed by atoms with Gasteiger partial charge in [-0.1, -0.05) is 11.2 Å². The van der Waals surface area contributed by atoms with Crippen LogP contribution < -0.4 is 10.1 Å². The van der Waals surface area contributed by atoms with E-state index in [-0.39, 0.29) is 0 Å². The number of nitrogens with one attached hydrogen (secondary N) is 1. The van der Waals surface area contributed by atoms with E-state index in [0.717, 1.165) is 5.56 Å². The first-order valence-electron chi connectivity index (χ1n) is 6.53. The van der Waals surface area contributed by atoms with Crippen LogP contribution >= 0.6 is 0 Å². The smallest absolute Gasteiger partial charge is 0.412 e. The van der Waals surface area contributed by atoms with Crippen LogP contribution in [0.25, 0.3) is 10.4 Å². The summed E-state index contributed by atoms with van der Waals surface area (Å²) >= 11 is 0. The van der Waals surface area contributed by atoms with Gasteiger partial charge in [0.15, 0.2) is 0 Å². The summed E-state index contributed by atoms with van der Waals surface area (Å²) in [5.41, 5.74) is 9.20. The molecule has 21 heavy (non-hydrogen) atoms. The Labute approximate surface area is 123 Å². The Bertz CT molecular complexity index is 546. The van der Waals surface area contributed by atoms with E-state index >= 15 is 0 Å². The summed E-state index contributed by atoms with van der Waals surface area (Å²) in [6.07, 6.45) is 0.0475. The van der Waals surface area contributed by atoms with Crippen LogP contribution in [0.4, 0.5) is 10.5 Å². The number of amides is 1. The van der Waals surface area contributed by atoms with Gasteiger partial charge in [0.1, 0.15) is 11.4 Å². The molecule has 0 aliphatic carbocycles. The second-order valence-electron chi connectivity index (χ2n) is 5.36. The largest absolute Gasteiger partial charge is 0.496 e. The van der Waals surface area contributed by atoms with Gasteiger partial charge < -0.3 is 9.47 Å². The van der Waals surface area contributed by atoms with Crippen LogP contribution in [0.3, 0.4) is 0 Å². The number of carbonyl (C=O) groups is 1. The molecular weight excluding hydrogens is 272 g/mol. The van der Waals surface area contributed by atoms with Crippen molar-refractivity contribution in [2.75, 3.05) is 19.0 Å². The summed E-state index contributed by atoms with van der Waals surface area (Å²) in [7, 11) is 1.55. The van der Waals surface area contributed by atoms with E-state index in [2.05, 4.69) is 15.3 Å². The van der Waals surface area contributed by atoms with E-state index < -0.39 is 11.7 Å². The molecule has 7 nitrogen and oxygen atoms in total. The molecule has 0 saturated heterocycles. The summed E-state index contributed by atoms with van der Waals surface area (Å²) in [6.45, 7) is 5.75. The average Bonchev–Trinajstić information content (AvgIpc) is 2.38. The average molecular weight is 292 g/mol. The van der Waals surface area contributed by atoms with Crippen molar-refractivity contribution in [3.05, 3.63) is 34.2 Å². The quantitative estimate of drug-likeness (QED) is 0.506. The minimum absolute atomic E-state index is 0.353. The minimum atomic E-state index is -0.552. The Morgan fingerprint density at radius 1 is 1.43 bits per heavy atom. The molecule has 0 atom stereocenters. The van der Waals surface area contributed by atoms with Crippen LogP contribution in [0.1, 0.15) is 26.3 Å². The minimum Gasteiger partial charge on any atom is -0.496 e. The number of hydrogen-bond acceptors (Lipinski definition) is 4. The summed E-state index contributed by atoms with van der Waals surface area (Å²) in [5.74, 6) is 0.622. The van der Waals surface area contributed by atoms with Gasteiger partial charge in [0.2, 0.25) is 0 Å². The van der Waals surface area contributed by atoms with Crippen LogP contribution in [-0.4, -0.2) is 25.3 Å². The Balaban J connectivity index is 2.77. The highest BCUT2D eigenvalue weighted by Crippen LogP contribution is 2.24. The van der Waals surface area contributed by atoms with Crippen molar-refractivity contribution >= 4 is 11.8 Å². The molecule has 114 valence electrons. The molecule has 0 saturated carbocycles. The maximum Gasteiger partial charge on any atom is 0.412 e. The second kappa shape index (κ2) is 7.40. The standard InChI is InChI=1S/C14H20N4O3/c1-14(2,3)21-13(19)17-11-6-5-10(7-8-16-18-15)12(9-11)20-4/h5-6,9H,7-8H2,1-4H3,(H,17,19). The lowest BCUT2D eigenvalue weighted by molar-refractivity contribution is 0.0636. The molecule has 0 heterocycles. The van der Waals surface area contributed by atoms with Crippen molar-refractivity contribution in [1.29, 1.82) is 0 Å². The van der Waals surface area contributed by atoms with Crippen LogP contribution in [0.15, 0.2) is 23.3 Å². The van der Waals surface area contributed by atoms with Crippen molar-refractivity contribution < 1.29 is 14.3 Å². The van der Waals surface area contributed by atoms with E-state index in [1.165, 1.54) is 0 Å². The molecule has 0 aliphatic rings. The summed E-state index contributed by atoms with van der Waals surface area (Å²) in [5, 5.41) is 6.13. The number of carbonyl (C=O) groups excluding carboxylic acids is 1. The molecule has 0 radical (unpaired) electrons. The fraction of sp³-hybridized carbons (Fsp3) is 0.500. The molecular formula is C14H20N4O3. The Morgan fingerprint density at radius 2 is 2.14 bits per heavy atom. The highest BCUT2D eigenvalue weighted by Gasteiger charge is 2.16. The molecule has 1 aromatic carbocycles.